The van der Waals surface area contributed by atoms with Gasteiger partial charge < -0.3 is 19.0 Å². The second kappa shape index (κ2) is 15.7. The molecule has 4 heterocycles. The van der Waals surface area contributed by atoms with E-state index >= 15 is 0 Å². The summed E-state index contributed by atoms with van der Waals surface area (Å²) < 4.78 is 6.52. The Labute approximate surface area is 335 Å². The maximum Gasteiger partial charge on any atom is 0.0995 e. The van der Waals surface area contributed by atoms with Gasteiger partial charge in [0.15, 0.2) is 0 Å². The van der Waals surface area contributed by atoms with Gasteiger partial charge in [-0.05, 0) is 171 Å². The third kappa shape index (κ3) is 7.61. The molecule has 0 amide bonds. The minimum Gasteiger partial charge on any atom is -0.387 e. The molecule has 0 spiro atoms. The van der Waals surface area contributed by atoms with Crippen molar-refractivity contribution >= 4 is 42.9 Å². The van der Waals surface area contributed by atoms with E-state index in [0.29, 0.717) is 35.5 Å². The van der Waals surface area contributed by atoms with Crippen LogP contribution in [0.4, 0.5) is 0 Å². The summed E-state index contributed by atoms with van der Waals surface area (Å²) >= 11 is 7.05. The van der Waals surface area contributed by atoms with Crippen LogP contribution in [0.5, 0.6) is 0 Å². The molecule has 0 aliphatic heterocycles. The van der Waals surface area contributed by atoms with E-state index in [-0.39, 0.29) is 0 Å². The van der Waals surface area contributed by atoms with Gasteiger partial charge in [0.25, 0.3) is 0 Å². The smallest absolute Gasteiger partial charge is 0.0995 e. The number of pyridine rings is 2. The topological polar surface area (TPSA) is 75.1 Å². The number of halogens is 2. The minimum absolute atomic E-state index is 0.335. The molecule has 0 saturated heterocycles. The highest BCUT2D eigenvalue weighted by atomic mass is 79.9. The summed E-state index contributed by atoms with van der Waals surface area (Å²) in [6, 6.07) is 26.2. The Morgan fingerprint density at radius 1 is 0.463 bits per heavy atom. The van der Waals surface area contributed by atoms with Gasteiger partial charge in [-0.1, -0.05) is 68.3 Å². The first-order valence-electron chi connectivity index (χ1n) is 20.2. The number of aromatic nitrogens is 4. The van der Waals surface area contributed by atoms with Gasteiger partial charge in [0, 0.05) is 8.95 Å². The van der Waals surface area contributed by atoms with E-state index in [9.17, 15) is 10.2 Å². The van der Waals surface area contributed by atoms with E-state index in [2.05, 4.69) is 123 Å². The van der Waals surface area contributed by atoms with Crippen LogP contribution in [-0.4, -0.2) is 29.0 Å². The number of fused-ring (bicyclic) bond motifs is 2. The molecule has 2 atom stereocenters. The van der Waals surface area contributed by atoms with Gasteiger partial charge in [0.2, 0.25) is 0 Å². The molecule has 280 valence electrons. The van der Waals surface area contributed by atoms with Gasteiger partial charge >= 0.3 is 0 Å². The second-order valence-electron chi connectivity index (χ2n) is 16.5. The second-order valence-corrected chi connectivity index (χ2v) is 18.3. The van der Waals surface area contributed by atoms with Crippen molar-refractivity contribution in [3.8, 4) is 0 Å². The first-order chi connectivity index (χ1) is 26.4. The summed E-state index contributed by atoms with van der Waals surface area (Å²) in [5.74, 6) is 3.16. The first kappa shape index (κ1) is 36.3. The number of rotatable bonds is 8. The predicted molar refractivity (Wildman–Crippen MR) is 222 cm³/mol. The summed E-state index contributed by atoms with van der Waals surface area (Å²) in [7, 11) is 0. The lowest BCUT2D eigenvalue weighted by molar-refractivity contribution is 0.0753. The van der Waals surface area contributed by atoms with Crippen molar-refractivity contribution < 1.29 is 10.2 Å². The maximum absolute atomic E-state index is 11.4. The largest absolute Gasteiger partial charge is 0.387 e. The summed E-state index contributed by atoms with van der Waals surface area (Å²) in [6.07, 6.45) is 20.6. The molecule has 4 saturated carbocycles. The number of benzene rings is 2. The third-order valence-corrected chi connectivity index (χ3v) is 14.1. The highest BCUT2D eigenvalue weighted by Gasteiger charge is 2.36. The molecule has 6 aromatic rings. The summed E-state index contributed by atoms with van der Waals surface area (Å²) in [5.41, 5.74) is 9.89. The Kier molecular flexibility index (Phi) is 10.6. The molecule has 0 radical (unpaired) electrons. The average molecular weight is 851 g/mol. The van der Waals surface area contributed by atoms with Crippen LogP contribution in [0, 0.1) is 11.8 Å². The number of hydrogen-bond donors (Lipinski definition) is 2. The Balaban J connectivity index is 0.000000142. The van der Waals surface area contributed by atoms with Crippen LogP contribution in [0.3, 0.4) is 0 Å². The molecule has 2 N–H and O–H groups in total. The fraction of sp³-hybridized carbons (Fsp3) is 0.435. The zero-order chi connectivity index (χ0) is 36.8. The maximum atomic E-state index is 11.4. The van der Waals surface area contributed by atoms with Crippen LogP contribution in [0.15, 0.2) is 107 Å². The van der Waals surface area contributed by atoms with Crippen LogP contribution in [0.2, 0.25) is 0 Å². The zero-order valence-corrected chi connectivity index (χ0v) is 34.0. The van der Waals surface area contributed by atoms with Gasteiger partial charge in [0.1, 0.15) is 0 Å². The molecular weight excluding hydrogens is 800 g/mol. The molecule has 0 unspecified atom stereocenters. The zero-order valence-electron chi connectivity index (χ0n) is 30.8. The van der Waals surface area contributed by atoms with Gasteiger partial charge in [-0.2, -0.15) is 0 Å². The Morgan fingerprint density at radius 2 is 0.815 bits per heavy atom. The molecule has 4 aliphatic rings. The van der Waals surface area contributed by atoms with Gasteiger partial charge in [0.05, 0.1) is 59.7 Å². The standard InChI is InChI=1S/2C23H25BrN2O/c2*24-19-9-7-16(8-10-19)15-1-5-18(6-2-15)23(27)22-21(17-3-4-17)12-11-20-13-25-14-26(20)22/h2*7-15,17-18,23,27H,1-6H2/t2*15?,18?,23-/m10/s1. The van der Waals surface area contributed by atoms with E-state index < -0.39 is 12.2 Å². The fourth-order valence-electron chi connectivity index (χ4n) is 9.62. The van der Waals surface area contributed by atoms with Crippen molar-refractivity contribution in [2.75, 3.05) is 0 Å². The molecule has 4 fully saturated rings. The SMILES string of the molecule is O[C@@H](c1c(C2CC2)ccc2cncn12)C1CCC(c2ccc(Br)cc2)CC1.O[C@H](c1c(C2CC2)ccc2cncn12)C1CCC(c2ccc(Br)cc2)CC1. The first-order valence-corrected chi connectivity index (χ1v) is 21.8. The van der Waals surface area contributed by atoms with Crippen molar-refractivity contribution in [2.45, 2.75) is 113 Å². The molecule has 10 rings (SSSR count). The Morgan fingerprint density at radius 3 is 1.17 bits per heavy atom. The highest BCUT2D eigenvalue weighted by Crippen LogP contribution is 2.49. The van der Waals surface area contributed by atoms with Crippen molar-refractivity contribution in [1.82, 2.24) is 18.8 Å². The van der Waals surface area contributed by atoms with E-state index in [1.54, 1.807) is 0 Å². The summed E-state index contributed by atoms with van der Waals surface area (Å²) in [6.45, 7) is 0. The molecule has 2 aromatic carbocycles. The minimum atomic E-state index is -0.399. The fourth-order valence-corrected chi connectivity index (χ4v) is 10.1. The quantitative estimate of drug-likeness (QED) is 0.160. The summed E-state index contributed by atoms with van der Waals surface area (Å²) in [4.78, 5) is 8.63. The lowest BCUT2D eigenvalue weighted by atomic mass is 9.75. The molecule has 6 nitrogen and oxygen atoms in total. The molecule has 0 bridgehead atoms. The van der Waals surface area contributed by atoms with Gasteiger partial charge in [-0.25, -0.2) is 9.97 Å². The number of hydrogen-bond acceptors (Lipinski definition) is 4. The van der Waals surface area contributed by atoms with Crippen molar-refractivity contribution in [1.29, 1.82) is 0 Å². The monoisotopic (exact) mass is 848 g/mol. The summed E-state index contributed by atoms with van der Waals surface area (Å²) in [5, 5.41) is 22.7. The van der Waals surface area contributed by atoms with Crippen LogP contribution in [0.1, 0.15) is 147 Å². The van der Waals surface area contributed by atoms with Gasteiger partial charge in [-0.15, -0.1) is 0 Å². The molecule has 8 heteroatoms. The molecule has 4 aliphatic carbocycles. The number of aliphatic hydroxyl groups is 2. The van der Waals surface area contributed by atoms with E-state index in [1.165, 1.54) is 47.9 Å². The molecular formula is C46H50Br2N4O2. The number of imidazole rings is 2. The molecule has 54 heavy (non-hydrogen) atoms. The van der Waals surface area contributed by atoms with Crippen molar-refractivity contribution in [2.24, 2.45) is 11.8 Å². The molecule has 4 aromatic heterocycles. The van der Waals surface area contributed by atoms with Crippen LogP contribution < -0.4 is 0 Å². The highest BCUT2D eigenvalue weighted by molar-refractivity contribution is 9.10. The van der Waals surface area contributed by atoms with E-state index in [0.717, 1.165) is 82.7 Å². The lowest BCUT2D eigenvalue weighted by Gasteiger charge is -2.33. The van der Waals surface area contributed by atoms with Crippen LogP contribution >= 0.6 is 31.9 Å². The average Bonchev–Trinajstić information content (AvgIpc) is 4.14. The van der Waals surface area contributed by atoms with Crippen LogP contribution in [-0.2, 0) is 0 Å². The van der Waals surface area contributed by atoms with E-state index in [1.807, 2.05) is 25.0 Å². The third-order valence-electron chi connectivity index (χ3n) is 13.0. The Hall–Kier alpha value is -3.30. The van der Waals surface area contributed by atoms with E-state index in [4.69, 9.17) is 0 Å². The Bertz CT molecular complexity index is 2030. The van der Waals surface area contributed by atoms with Gasteiger partial charge in [-0.3, -0.25) is 0 Å². The van der Waals surface area contributed by atoms with Crippen molar-refractivity contribution in [3.63, 3.8) is 0 Å². The normalized spacial score (nSPS) is 24.2. The van der Waals surface area contributed by atoms with Crippen LogP contribution in [0.25, 0.3) is 11.0 Å². The number of nitrogens with zero attached hydrogens (tertiary/aromatic N) is 4. The van der Waals surface area contributed by atoms with Crippen molar-refractivity contribution in [3.05, 3.63) is 140 Å². The predicted octanol–water partition coefficient (Wildman–Crippen LogP) is 12.0. The number of aliphatic hydroxyl groups excluding tert-OH is 2. The lowest BCUT2D eigenvalue weighted by Crippen LogP contribution is -2.22.